The van der Waals surface area contributed by atoms with Crippen molar-refractivity contribution >= 4 is 35.5 Å². The van der Waals surface area contributed by atoms with Gasteiger partial charge < -0.3 is 18.9 Å². The SMILES string of the molecule is CSCCC(=O)OCCOCCOCCOC(=O)CCSC. The molecule has 0 N–H and O–H groups in total. The Morgan fingerprint density at radius 1 is 0.682 bits per heavy atom. The van der Waals surface area contributed by atoms with Gasteiger partial charge in [0.05, 0.1) is 39.3 Å². The molecule has 0 aliphatic rings. The minimum absolute atomic E-state index is 0.197. The van der Waals surface area contributed by atoms with Gasteiger partial charge in [-0.25, -0.2) is 0 Å². The molecule has 0 radical (unpaired) electrons. The maximum absolute atomic E-state index is 11.2. The summed E-state index contributed by atoms with van der Waals surface area (Å²) in [5.41, 5.74) is 0. The van der Waals surface area contributed by atoms with Gasteiger partial charge in [0, 0.05) is 11.5 Å². The van der Waals surface area contributed by atoms with Crippen LogP contribution in [0.2, 0.25) is 0 Å². The first-order valence-electron chi connectivity index (χ1n) is 7.15. The van der Waals surface area contributed by atoms with E-state index in [2.05, 4.69) is 0 Å². The number of hydrogen-bond donors (Lipinski definition) is 0. The van der Waals surface area contributed by atoms with Crippen LogP contribution in [0.5, 0.6) is 0 Å². The number of rotatable bonds is 15. The normalized spacial score (nSPS) is 10.5. The number of thioether (sulfide) groups is 2. The van der Waals surface area contributed by atoms with Crippen LogP contribution in [0.1, 0.15) is 12.8 Å². The summed E-state index contributed by atoms with van der Waals surface area (Å²) in [4.78, 5) is 22.3. The molecule has 0 saturated carbocycles. The van der Waals surface area contributed by atoms with Crippen LogP contribution in [-0.4, -0.2) is 75.6 Å². The van der Waals surface area contributed by atoms with Crippen molar-refractivity contribution in [2.24, 2.45) is 0 Å². The van der Waals surface area contributed by atoms with E-state index in [0.29, 0.717) is 39.3 Å². The van der Waals surface area contributed by atoms with Crippen LogP contribution in [0.15, 0.2) is 0 Å². The average molecular weight is 354 g/mol. The second kappa shape index (κ2) is 16.9. The standard InChI is InChI=1S/C14H26O6S2/c1-21-11-3-13(15)19-9-7-17-5-6-18-8-10-20-14(16)4-12-22-2/h3-12H2,1-2H3. The van der Waals surface area contributed by atoms with Crippen LogP contribution in [0.25, 0.3) is 0 Å². The van der Waals surface area contributed by atoms with Gasteiger partial charge in [-0.2, -0.15) is 23.5 Å². The summed E-state index contributed by atoms with van der Waals surface area (Å²) in [6, 6.07) is 0. The van der Waals surface area contributed by atoms with E-state index in [1.54, 1.807) is 23.5 Å². The van der Waals surface area contributed by atoms with E-state index in [1.165, 1.54) is 0 Å². The second-order valence-electron chi connectivity index (χ2n) is 4.15. The first-order chi connectivity index (χ1) is 10.7. The zero-order valence-electron chi connectivity index (χ0n) is 13.3. The molecule has 0 saturated heterocycles. The third-order valence-corrected chi connectivity index (χ3v) is 3.60. The largest absolute Gasteiger partial charge is 0.463 e. The molecular formula is C14H26O6S2. The Balaban J connectivity index is 3.17. The fraction of sp³-hybridized carbons (Fsp3) is 0.857. The van der Waals surface area contributed by atoms with Crippen LogP contribution >= 0.6 is 23.5 Å². The van der Waals surface area contributed by atoms with Gasteiger partial charge in [-0.05, 0) is 12.5 Å². The average Bonchev–Trinajstić information content (AvgIpc) is 2.52. The summed E-state index contributed by atoms with van der Waals surface area (Å²) in [6.45, 7) is 2.09. The summed E-state index contributed by atoms with van der Waals surface area (Å²) in [6.07, 6.45) is 4.75. The first-order valence-corrected chi connectivity index (χ1v) is 9.94. The Labute approximate surface area is 141 Å². The van der Waals surface area contributed by atoms with Gasteiger partial charge in [0.25, 0.3) is 0 Å². The molecule has 22 heavy (non-hydrogen) atoms. The minimum Gasteiger partial charge on any atom is -0.463 e. The molecule has 0 aliphatic carbocycles. The fourth-order valence-electron chi connectivity index (χ4n) is 1.27. The van der Waals surface area contributed by atoms with Crippen molar-refractivity contribution in [3.8, 4) is 0 Å². The monoisotopic (exact) mass is 354 g/mol. The quantitative estimate of drug-likeness (QED) is 0.324. The van der Waals surface area contributed by atoms with Crippen LogP contribution in [0, 0.1) is 0 Å². The molecule has 0 aromatic carbocycles. The van der Waals surface area contributed by atoms with Crippen molar-refractivity contribution in [1.82, 2.24) is 0 Å². The van der Waals surface area contributed by atoms with Gasteiger partial charge in [0.15, 0.2) is 0 Å². The third kappa shape index (κ3) is 15.9. The maximum Gasteiger partial charge on any atom is 0.306 e. The highest BCUT2D eigenvalue weighted by Gasteiger charge is 2.02. The van der Waals surface area contributed by atoms with Crippen LogP contribution < -0.4 is 0 Å². The van der Waals surface area contributed by atoms with E-state index in [1.807, 2.05) is 12.5 Å². The summed E-state index contributed by atoms with van der Waals surface area (Å²) >= 11 is 3.22. The summed E-state index contributed by atoms with van der Waals surface area (Å²) in [5.74, 6) is 1.15. The molecule has 0 unspecified atom stereocenters. The summed E-state index contributed by atoms with van der Waals surface area (Å²) in [7, 11) is 0. The highest BCUT2D eigenvalue weighted by atomic mass is 32.2. The highest BCUT2D eigenvalue weighted by Crippen LogP contribution is 1.98. The number of esters is 2. The minimum atomic E-state index is -0.197. The van der Waals surface area contributed by atoms with E-state index in [9.17, 15) is 9.59 Å². The first kappa shape index (κ1) is 21.6. The van der Waals surface area contributed by atoms with E-state index >= 15 is 0 Å². The molecular weight excluding hydrogens is 328 g/mol. The molecule has 0 aliphatic heterocycles. The van der Waals surface area contributed by atoms with Gasteiger partial charge >= 0.3 is 11.9 Å². The van der Waals surface area contributed by atoms with Gasteiger partial charge in [-0.1, -0.05) is 0 Å². The number of carbonyl (C=O) groups excluding carboxylic acids is 2. The number of hydrogen-bond acceptors (Lipinski definition) is 8. The molecule has 0 amide bonds. The fourth-order valence-corrected chi connectivity index (χ4v) is 2.01. The molecule has 0 spiro atoms. The lowest BCUT2D eigenvalue weighted by Crippen LogP contribution is -2.15. The van der Waals surface area contributed by atoms with Gasteiger partial charge in [-0.3, -0.25) is 9.59 Å². The van der Waals surface area contributed by atoms with E-state index < -0.39 is 0 Å². The Kier molecular flexibility index (Phi) is 16.6. The molecule has 6 nitrogen and oxygen atoms in total. The van der Waals surface area contributed by atoms with Crippen molar-refractivity contribution in [3.63, 3.8) is 0 Å². The lowest BCUT2D eigenvalue weighted by Gasteiger charge is -2.07. The lowest BCUT2D eigenvalue weighted by atomic mass is 10.5. The molecule has 0 aromatic heterocycles. The Morgan fingerprint density at radius 2 is 1.05 bits per heavy atom. The summed E-state index contributed by atoms with van der Waals surface area (Å²) in [5, 5.41) is 0. The topological polar surface area (TPSA) is 71.1 Å². The highest BCUT2D eigenvalue weighted by molar-refractivity contribution is 7.98. The lowest BCUT2D eigenvalue weighted by molar-refractivity contribution is -0.146. The van der Waals surface area contributed by atoms with Crippen LogP contribution in [-0.2, 0) is 28.5 Å². The molecule has 8 heteroatoms. The molecule has 0 atom stereocenters. The van der Waals surface area contributed by atoms with Crippen molar-refractivity contribution < 1.29 is 28.5 Å². The molecule has 0 aromatic rings. The molecule has 0 fully saturated rings. The Hall–Kier alpha value is -0.440. The smallest absolute Gasteiger partial charge is 0.306 e. The van der Waals surface area contributed by atoms with Gasteiger partial charge in [-0.15, -0.1) is 0 Å². The molecule has 0 rings (SSSR count). The molecule has 130 valence electrons. The molecule has 0 heterocycles. The van der Waals surface area contributed by atoms with Gasteiger partial charge in [0.1, 0.15) is 13.2 Å². The predicted molar refractivity (Wildman–Crippen MR) is 89.6 cm³/mol. The number of carbonyl (C=O) groups is 2. The van der Waals surface area contributed by atoms with Crippen molar-refractivity contribution in [2.45, 2.75) is 12.8 Å². The van der Waals surface area contributed by atoms with Crippen molar-refractivity contribution in [3.05, 3.63) is 0 Å². The summed E-state index contributed by atoms with van der Waals surface area (Å²) < 4.78 is 20.4. The number of ether oxygens (including phenoxy) is 4. The van der Waals surface area contributed by atoms with Crippen LogP contribution in [0.3, 0.4) is 0 Å². The zero-order chi connectivity index (χ0) is 16.5. The Morgan fingerprint density at radius 3 is 1.41 bits per heavy atom. The third-order valence-electron chi connectivity index (χ3n) is 2.37. The second-order valence-corrected chi connectivity index (χ2v) is 6.12. The van der Waals surface area contributed by atoms with E-state index in [-0.39, 0.29) is 25.2 Å². The van der Waals surface area contributed by atoms with Crippen LogP contribution in [0.4, 0.5) is 0 Å². The predicted octanol–water partition coefficient (Wildman–Crippen LogP) is 1.61. The van der Waals surface area contributed by atoms with Gasteiger partial charge in [0.2, 0.25) is 0 Å². The van der Waals surface area contributed by atoms with E-state index in [4.69, 9.17) is 18.9 Å². The maximum atomic E-state index is 11.2. The van der Waals surface area contributed by atoms with Crippen molar-refractivity contribution in [2.75, 3.05) is 63.7 Å². The molecule has 0 bridgehead atoms. The zero-order valence-corrected chi connectivity index (χ0v) is 15.0. The Bertz CT molecular complexity index is 261. The van der Waals surface area contributed by atoms with E-state index in [0.717, 1.165) is 11.5 Å². The van der Waals surface area contributed by atoms with Crippen molar-refractivity contribution in [1.29, 1.82) is 0 Å².